The Bertz CT molecular complexity index is 3140. The van der Waals surface area contributed by atoms with Gasteiger partial charge in [-0.1, -0.05) is 153 Å². The Hall–Kier alpha value is -7.16. The first-order valence-corrected chi connectivity index (χ1v) is 19.8. The Balaban J connectivity index is 0.998. The maximum Gasteiger partial charge on any atom is 0.143 e. The molecule has 0 amide bonds. The van der Waals surface area contributed by atoms with Crippen molar-refractivity contribution in [2.24, 2.45) is 0 Å². The summed E-state index contributed by atoms with van der Waals surface area (Å²) in [6.45, 7) is 4.69. The first-order valence-electron chi connectivity index (χ1n) is 19.8. The van der Waals surface area contributed by atoms with Crippen molar-refractivity contribution in [3.63, 3.8) is 0 Å². The molecule has 0 unspecified atom stereocenters. The molecule has 1 aliphatic rings. The second-order valence-corrected chi connectivity index (χ2v) is 15.7. The van der Waals surface area contributed by atoms with Crippen LogP contribution in [-0.4, -0.2) is 0 Å². The number of hydrogen-bond donors (Lipinski definition) is 0. The van der Waals surface area contributed by atoms with E-state index in [9.17, 15) is 0 Å². The molecule has 0 fully saturated rings. The van der Waals surface area contributed by atoms with Gasteiger partial charge in [0.1, 0.15) is 11.2 Å². The normalized spacial score (nSPS) is 12.9. The topological polar surface area (TPSA) is 16.4 Å². The summed E-state index contributed by atoms with van der Waals surface area (Å²) < 4.78 is 6.74. The average molecular weight is 730 g/mol. The zero-order valence-corrected chi connectivity index (χ0v) is 31.9. The van der Waals surface area contributed by atoms with Gasteiger partial charge in [0.2, 0.25) is 0 Å². The highest BCUT2D eigenvalue weighted by Gasteiger charge is 2.35. The van der Waals surface area contributed by atoms with Crippen LogP contribution in [0, 0.1) is 0 Å². The molecule has 10 aromatic rings. The molecule has 1 aromatic heterocycles. The molecular weight excluding hydrogens is 691 g/mol. The minimum Gasteiger partial charge on any atom is -0.455 e. The number of para-hydroxylation sites is 1. The van der Waals surface area contributed by atoms with Crippen molar-refractivity contribution >= 4 is 49.8 Å². The molecule has 0 spiro atoms. The lowest BCUT2D eigenvalue weighted by atomic mass is 9.82. The highest BCUT2D eigenvalue weighted by atomic mass is 16.3. The van der Waals surface area contributed by atoms with Gasteiger partial charge in [0.15, 0.2) is 0 Å². The third-order valence-corrected chi connectivity index (χ3v) is 12.1. The molecule has 0 bridgehead atoms. The summed E-state index contributed by atoms with van der Waals surface area (Å²) in [6.07, 6.45) is 0. The number of furan rings is 1. The maximum absolute atomic E-state index is 6.74. The van der Waals surface area contributed by atoms with Crippen LogP contribution < -0.4 is 4.90 Å². The van der Waals surface area contributed by atoms with Gasteiger partial charge in [0.05, 0.1) is 0 Å². The van der Waals surface area contributed by atoms with Crippen LogP contribution in [0.1, 0.15) is 25.0 Å². The van der Waals surface area contributed by atoms with Crippen LogP contribution in [0.4, 0.5) is 17.1 Å². The van der Waals surface area contributed by atoms with Gasteiger partial charge >= 0.3 is 0 Å². The number of rotatable bonds is 6. The Morgan fingerprint density at radius 1 is 0.351 bits per heavy atom. The molecule has 2 nitrogen and oxygen atoms in total. The first kappa shape index (κ1) is 33.2. The van der Waals surface area contributed by atoms with Crippen LogP contribution in [0.15, 0.2) is 205 Å². The molecule has 270 valence electrons. The van der Waals surface area contributed by atoms with Crippen LogP contribution in [0.3, 0.4) is 0 Å². The van der Waals surface area contributed by atoms with Gasteiger partial charge in [-0.05, 0) is 122 Å². The van der Waals surface area contributed by atoms with Gasteiger partial charge in [-0.3, -0.25) is 0 Å². The van der Waals surface area contributed by atoms with E-state index in [1.54, 1.807) is 0 Å². The van der Waals surface area contributed by atoms with E-state index in [0.29, 0.717) is 0 Å². The van der Waals surface area contributed by atoms with Crippen LogP contribution in [0.25, 0.3) is 77.2 Å². The largest absolute Gasteiger partial charge is 0.455 e. The Kier molecular flexibility index (Phi) is 7.55. The van der Waals surface area contributed by atoms with Crippen molar-refractivity contribution in [3.05, 3.63) is 211 Å². The number of hydrogen-bond acceptors (Lipinski definition) is 2. The van der Waals surface area contributed by atoms with E-state index in [0.717, 1.165) is 50.0 Å². The molecule has 0 aliphatic heterocycles. The first-order chi connectivity index (χ1) is 28.0. The molecule has 2 heteroatoms. The predicted octanol–water partition coefficient (Wildman–Crippen LogP) is 15.5. The molecule has 0 radical (unpaired) electrons. The van der Waals surface area contributed by atoms with E-state index >= 15 is 0 Å². The van der Waals surface area contributed by atoms with Gasteiger partial charge < -0.3 is 9.32 Å². The summed E-state index contributed by atoms with van der Waals surface area (Å²) in [6, 6.07) is 72.5. The minimum atomic E-state index is -0.0832. The van der Waals surface area contributed by atoms with E-state index in [4.69, 9.17) is 4.42 Å². The van der Waals surface area contributed by atoms with Crippen molar-refractivity contribution in [1.29, 1.82) is 0 Å². The second-order valence-electron chi connectivity index (χ2n) is 15.7. The molecule has 0 atom stereocenters. The Labute approximate surface area is 332 Å². The van der Waals surface area contributed by atoms with Crippen LogP contribution in [-0.2, 0) is 5.41 Å². The lowest BCUT2D eigenvalue weighted by Crippen LogP contribution is -2.16. The van der Waals surface area contributed by atoms with Crippen molar-refractivity contribution in [3.8, 4) is 44.5 Å². The number of fused-ring (bicyclic) bond motifs is 8. The summed E-state index contributed by atoms with van der Waals surface area (Å²) in [5.74, 6) is 0. The Morgan fingerprint density at radius 2 is 0.947 bits per heavy atom. The lowest BCUT2D eigenvalue weighted by Gasteiger charge is -2.28. The van der Waals surface area contributed by atoms with Crippen LogP contribution >= 0.6 is 0 Å². The molecule has 9 aromatic carbocycles. The van der Waals surface area contributed by atoms with Crippen LogP contribution in [0.5, 0.6) is 0 Å². The number of anilines is 3. The monoisotopic (exact) mass is 729 g/mol. The van der Waals surface area contributed by atoms with E-state index in [1.165, 1.54) is 55.5 Å². The van der Waals surface area contributed by atoms with Gasteiger partial charge in [0.25, 0.3) is 0 Å². The fraction of sp³-hybridized carbons (Fsp3) is 0.0545. The molecule has 1 heterocycles. The lowest BCUT2D eigenvalue weighted by molar-refractivity contribution is 0.660. The van der Waals surface area contributed by atoms with Crippen molar-refractivity contribution in [2.45, 2.75) is 19.3 Å². The van der Waals surface area contributed by atoms with Gasteiger partial charge in [-0.2, -0.15) is 0 Å². The molecule has 1 aliphatic carbocycles. The predicted molar refractivity (Wildman–Crippen MR) is 240 cm³/mol. The summed E-state index contributed by atoms with van der Waals surface area (Å²) >= 11 is 0. The third kappa shape index (κ3) is 5.40. The number of nitrogens with zero attached hydrogens (tertiary/aromatic N) is 1. The Morgan fingerprint density at radius 3 is 1.75 bits per heavy atom. The van der Waals surface area contributed by atoms with Crippen molar-refractivity contribution < 1.29 is 4.42 Å². The molecular formula is C55H39NO. The second kappa shape index (κ2) is 13.0. The zero-order valence-electron chi connectivity index (χ0n) is 31.9. The highest BCUT2D eigenvalue weighted by Crippen LogP contribution is 2.51. The molecule has 57 heavy (non-hydrogen) atoms. The minimum absolute atomic E-state index is 0.0832. The van der Waals surface area contributed by atoms with E-state index in [1.807, 2.05) is 0 Å². The zero-order chi connectivity index (χ0) is 38.1. The fourth-order valence-electron chi connectivity index (χ4n) is 9.17. The van der Waals surface area contributed by atoms with Crippen LogP contribution in [0.2, 0.25) is 0 Å². The highest BCUT2D eigenvalue weighted by molar-refractivity contribution is 6.19. The van der Waals surface area contributed by atoms with Gasteiger partial charge in [-0.15, -0.1) is 0 Å². The molecule has 0 saturated carbocycles. The van der Waals surface area contributed by atoms with Crippen molar-refractivity contribution in [1.82, 2.24) is 0 Å². The van der Waals surface area contributed by atoms with Gasteiger partial charge in [-0.25, -0.2) is 0 Å². The molecule has 0 saturated heterocycles. The third-order valence-electron chi connectivity index (χ3n) is 12.1. The standard InChI is InChI=1S/C55H39NO/c1-55(2)51-23-12-11-21-45(51)46-31-29-43(34-52(46)55)56(41-18-7-4-8-19-41)42-27-24-37(25-28-42)49-35-50-47-30-26-40(33-53(47)57-54(50)48-22-10-9-20-44(48)49)39-17-13-16-38(32-39)36-14-5-3-6-15-36/h3-35H,1-2H3. The maximum atomic E-state index is 6.74. The van der Waals surface area contributed by atoms with Crippen molar-refractivity contribution in [2.75, 3.05) is 4.90 Å². The SMILES string of the molecule is CC1(C)c2ccccc2-c2ccc(N(c3ccccc3)c3ccc(-c4cc5c6ccc(-c7cccc(-c8ccccc8)c7)cc6oc5c5ccccc45)cc3)cc21. The van der Waals surface area contributed by atoms with E-state index < -0.39 is 0 Å². The quantitative estimate of drug-likeness (QED) is 0.169. The van der Waals surface area contributed by atoms with E-state index in [2.05, 4.69) is 219 Å². The summed E-state index contributed by atoms with van der Waals surface area (Å²) in [5, 5.41) is 4.53. The molecule has 0 N–H and O–H groups in total. The summed E-state index contributed by atoms with van der Waals surface area (Å²) in [7, 11) is 0. The van der Waals surface area contributed by atoms with E-state index in [-0.39, 0.29) is 5.41 Å². The average Bonchev–Trinajstić information content (AvgIpc) is 3.76. The summed E-state index contributed by atoms with van der Waals surface area (Å²) in [4.78, 5) is 2.38. The smallest absolute Gasteiger partial charge is 0.143 e. The molecule has 11 rings (SSSR count). The fourth-order valence-corrected chi connectivity index (χ4v) is 9.17. The number of benzene rings is 9. The summed E-state index contributed by atoms with van der Waals surface area (Å²) in [5.41, 5.74) is 17.6. The van der Waals surface area contributed by atoms with Gasteiger partial charge in [0, 0.05) is 38.6 Å².